The maximum Gasteiger partial charge on any atom is 0.261 e. The molecule has 116 valence electrons. The van der Waals surface area contributed by atoms with E-state index in [-0.39, 0.29) is 23.0 Å². The molecule has 0 radical (unpaired) electrons. The number of benzene rings is 1. The van der Waals surface area contributed by atoms with Crippen molar-refractivity contribution in [2.75, 3.05) is 18.8 Å². The highest BCUT2D eigenvalue weighted by Crippen LogP contribution is 2.23. The van der Waals surface area contributed by atoms with Crippen molar-refractivity contribution < 1.29 is 14.4 Å². The van der Waals surface area contributed by atoms with Gasteiger partial charge in [-0.2, -0.15) is 0 Å². The number of fused-ring (bicyclic) bond motifs is 1. The van der Waals surface area contributed by atoms with Crippen LogP contribution in [0.1, 0.15) is 27.6 Å². The van der Waals surface area contributed by atoms with E-state index in [1.54, 1.807) is 37.3 Å². The monoisotopic (exact) mass is 318 g/mol. The fourth-order valence-electron chi connectivity index (χ4n) is 2.16. The molecule has 2 rings (SSSR count). The molecule has 0 spiro atoms. The zero-order chi connectivity index (χ0) is 16.1. The van der Waals surface area contributed by atoms with Gasteiger partial charge in [0.1, 0.15) is 0 Å². The Bertz CT molecular complexity index is 580. The van der Waals surface area contributed by atoms with E-state index in [1.807, 2.05) is 0 Å². The first-order chi connectivity index (χ1) is 10.6. The summed E-state index contributed by atoms with van der Waals surface area (Å²) in [6.45, 7) is 6.07. The van der Waals surface area contributed by atoms with Gasteiger partial charge < -0.3 is 5.32 Å². The minimum atomic E-state index is -0.259. The summed E-state index contributed by atoms with van der Waals surface area (Å²) in [4.78, 5) is 37.3. The summed E-state index contributed by atoms with van der Waals surface area (Å²) in [5, 5.41) is 2.48. The van der Waals surface area contributed by atoms with Crippen molar-refractivity contribution in [3.8, 4) is 0 Å². The Kier molecular flexibility index (Phi) is 5.38. The Morgan fingerprint density at radius 2 is 1.91 bits per heavy atom. The van der Waals surface area contributed by atoms with Crippen molar-refractivity contribution in [3.63, 3.8) is 0 Å². The summed E-state index contributed by atoms with van der Waals surface area (Å²) in [7, 11) is 0. The summed E-state index contributed by atoms with van der Waals surface area (Å²) in [5.41, 5.74) is 0.906. The number of amides is 3. The van der Waals surface area contributed by atoms with Crippen molar-refractivity contribution in [1.29, 1.82) is 0 Å². The Labute approximate surface area is 133 Å². The number of thioether (sulfide) groups is 1. The van der Waals surface area contributed by atoms with Gasteiger partial charge in [-0.1, -0.05) is 18.2 Å². The number of rotatable bonds is 7. The predicted octanol–water partition coefficient (Wildman–Crippen LogP) is 1.71. The molecule has 0 aliphatic carbocycles. The van der Waals surface area contributed by atoms with Gasteiger partial charge in [0.15, 0.2) is 0 Å². The van der Waals surface area contributed by atoms with Gasteiger partial charge in [0.25, 0.3) is 11.8 Å². The van der Waals surface area contributed by atoms with Crippen molar-refractivity contribution in [1.82, 2.24) is 10.2 Å². The zero-order valence-corrected chi connectivity index (χ0v) is 13.2. The lowest BCUT2D eigenvalue weighted by atomic mass is 10.1. The second kappa shape index (κ2) is 7.26. The topological polar surface area (TPSA) is 66.5 Å². The molecular formula is C16H18N2O3S. The van der Waals surface area contributed by atoms with E-state index in [1.165, 1.54) is 16.7 Å². The standard InChI is InChI=1S/C16H18N2O3S/c1-3-8-17-14(19)11(2)22-10-9-18-15(20)12-6-4-5-7-13(12)16(18)21/h3-7,11H,1,8-10H2,2H3,(H,17,19)/t11-/m0/s1. The van der Waals surface area contributed by atoms with Gasteiger partial charge in [-0.3, -0.25) is 19.3 Å². The van der Waals surface area contributed by atoms with Crippen LogP contribution in [0.5, 0.6) is 0 Å². The molecule has 1 N–H and O–H groups in total. The van der Waals surface area contributed by atoms with Gasteiger partial charge in [0.2, 0.25) is 5.91 Å². The van der Waals surface area contributed by atoms with Crippen LogP contribution in [-0.2, 0) is 4.79 Å². The maximum absolute atomic E-state index is 12.2. The molecule has 1 heterocycles. The molecular weight excluding hydrogens is 300 g/mol. The Morgan fingerprint density at radius 3 is 2.45 bits per heavy atom. The van der Waals surface area contributed by atoms with Crippen LogP contribution < -0.4 is 5.32 Å². The molecule has 0 saturated heterocycles. The predicted molar refractivity (Wildman–Crippen MR) is 86.9 cm³/mol. The second-order valence-corrected chi connectivity index (χ2v) is 6.30. The largest absolute Gasteiger partial charge is 0.352 e. The molecule has 0 saturated carbocycles. The molecule has 0 fully saturated rings. The highest BCUT2D eigenvalue weighted by Gasteiger charge is 2.34. The molecule has 1 aromatic carbocycles. The van der Waals surface area contributed by atoms with E-state index < -0.39 is 0 Å². The van der Waals surface area contributed by atoms with Gasteiger partial charge in [0.05, 0.1) is 16.4 Å². The van der Waals surface area contributed by atoms with Crippen LogP contribution in [0.4, 0.5) is 0 Å². The highest BCUT2D eigenvalue weighted by atomic mass is 32.2. The third kappa shape index (κ3) is 3.39. The van der Waals surface area contributed by atoms with Crippen LogP contribution in [0.2, 0.25) is 0 Å². The van der Waals surface area contributed by atoms with Crippen LogP contribution in [0, 0.1) is 0 Å². The number of carbonyl (C=O) groups excluding carboxylic acids is 3. The first-order valence-corrected chi connectivity index (χ1v) is 8.06. The first kappa shape index (κ1) is 16.3. The van der Waals surface area contributed by atoms with Crippen molar-refractivity contribution in [2.45, 2.75) is 12.2 Å². The molecule has 1 aromatic rings. The van der Waals surface area contributed by atoms with Gasteiger partial charge in [-0.15, -0.1) is 18.3 Å². The number of imide groups is 1. The molecule has 0 unspecified atom stereocenters. The molecule has 0 bridgehead atoms. The molecule has 22 heavy (non-hydrogen) atoms. The third-order valence-corrected chi connectivity index (χ3v) is 4.48. The van der Waals surface area contributed by atoms with Crippen LogP contribution in [-0.4, -0.2) is 46.7 Å². The van der Waals surface area contributed by atoms with Crippen molar-refractivity contribution in [2.24, 2.45) is 0 Å². The van der Waals surface area contributed by atoms with E-state index >= 15 is 0 Å². The van der Waals surface area contributed by atoms with Crippen LogP contribution in [0.15, 0.2) is 36.9 Å². The Hall–Kier alpha value is -2.08. The fraction of sp³-hybridized carbons (Fsp3) is 0.312. The van der Waals surface area contributed by atoms with Crippen LogP contribution >= 0.6 is 11.8 Å². The Balaban J connectivity index is 1.86. The number of nitrogens with zero attached hydrogens (tertiary/aromatic N) is 1. The molecule has 6 heteroatoms. The minimum absolute atomic E-state index is 0.0766. The third-order valence-electron chi connectivity index (χ3n) is 3.35. The normalized spacial score (nSPS) is 14.7. The van der Waals surface area contributed by atoms with Crippen molar-refractivity contribution >= 4 is 29.5 Å². The van der Waals surface area contributed by atoms with Crippen LogP contribution in [0.25, 0.3) is 0 Å². The molecule has 1 aliphatic heterocycles. The first-order valence-electron chi connectivity index (χ1n) is 7.01. The van der Waals surface area contributed by atoms with Gasteiger partial charge in [-0.05, 0) is 19.1 Å². The van der Waals surface area contributed by atoms with Crippen LogP contribution in [0.3, 0.4) is 0 Å². The average Bonchev–Trinajstić information content (AvgIpc) is 2.77. The number of nitrogens with one attached hydrogen (secondary N) is 1. The van der Waals surface area contributed by atoms with Crippen molar-refractivity contribution in [3.05, 3.63) is 48.0 Å². The lowest BCUT2D eigenvalue weighted by Crippen LogP contribution is -2.34. The average molecular weight is 318 g/mol. The summed E-state index contributed by atoms with van der Waals surface area (Å²) in [6.07, 6.45) is 1.62. The highest BCUT2D eigenvalue weighted by molar-refractivity contribution is 8.00. The summed E-state index contributed by atoms with van der Waals surface area (Å²) < 4.78 is 0. The Morgan fingerprint density at radius 1 is 1.32 bits per heavy atom. The summed E-state index contributed by atoms with van der Waals surface area (Å²) in [6, 6.07) is 6.81. The maximum atomic E-state index is 12.2. The van der Waals surface area contributed by atoms with Gasteiger partial charge >= 0.3 is 0 Å². The minimum Gasteiger partial charge on any atom is -0.352 e. The lowest BCUT2D eigenvalue weighted by Gasteiger charge is -2.15. The SMILES string of the molecule is C=CCNC(=O)[C@H](C)SCCN1C(=O)c2ccccc2C1=O. The molecule has 3 amide bonds. The zero-order valence-electron chi connectivity index (χ0n) is 12.4. The van der Waals surface area contributed by atoms with E-state index in [2.05, 4.69) is 11.9 Å². The van der Waals surface area contributed by atoms with E-state index in [0.717, 1.165) is 0 Å². The fourth-order valence-corrected chi connectivity index (χ4v) is 3.03. The van der Waals surface area contributed by atoms with E-state index in [0.29, 0.717) is 30.0 Å². The summed E-state index contributed by atoms with van der Waals surface area (Å²) >= 11 is 1.41. The number of hydrogen-bond donors (Lipinski definition) is 1. The van der Waals surface area contributed by atoms with Gasteiger partial charge in [0, 0.05) is 18.8 Å². The number of carbonyl (C=O) groups is 3. The molecule has 1 aliphatic rings. The molecule has 5 nitrogen and oxygen atoms in total. The quantitative estimate of drug-likeness (QED) is 0.614. The smallest absolute Gasteiger partial charge is 0.261 e. The molecule has 0 aromatic heterocycles. The molecule has 1 atom stereocenters. The number of hydrogen-bond acceptors (Lipinski definition) is 4. The van der Waals surface area contributed by atoms with Gasteiger partial charge in [-0.25, -0.2) is 0 Å². The van der Waals surface area contributed by atoms with E-state index in [4.69, 9.17) is 0 Å². The second-order valence-electron chi connectivity index (χ2n) is 4.85. The summed E-state index contributed by atoms with van der Waals surface area (Å²) in [5.74, 6) is -0.0732. The lowest BCUT2D eigenvalue weighted by molar-refractivity contribution is -0.120. The van der Waals surface area contributed by atoms with E-state index in [9.17, 15) is 14.4 Å².